The van der Waals surface area contributed by atoms with Gasteiger partial charge < -0.3 is 15.5 Å². The lowest BCUT2D eigenvalue weighted by atomic mass is 9.98. The van der Waals surface area contributed by atoms with Crippen molar-refractivity contribution in [1.29, 1.82) is 0 Å². The lowest BCUT2D eigenvalue weighted by Crippen LogP contribution is -2.49. The van der Waals surface area contributed by atoms with Crippen LogP contribution in [0.15, 0.2) is 24.3 Å². The number of urea groups is 1. The summed E-state index contributed by atoms with van der Waals surface area (Å²) in [6.07, 6.45) is -3.92. The minimum absolute atomic E-state index is 0.0461. The highest BCUT2D eigenvalue weighted by Crippen LogP contribution is 2.32. The second-order valence-electron chi connectivity index (χ2n) is 5.82. The number of benzene rings is 1. The van der Waals surface area contributed by atoms with E-state index in [1.54, 1.807) is 24.3 Å². The summed E-state index contributed by atoms with van der Waals surface area (Å²) in [5.74, 6) is -1.79. The predicted octanol–water partition coefficient (Wildman–Crippen LogP) is 3.05. The molecule has 1 fully saturated rings. The molecule has 25 heavy (non-hydrogen) atoms. The van der Waals surface area contributed by atoms with E-state index in [9.17, 15) is 22.8 Å². The van der Waals surface area contributed by atoms with Crippen molar-refractivity contribution in [3.05, 3.63) is 34.9 Å². The van der Waals surface area contributed by atoms with Crippen LogP contribution in [0.2, 0.25) is 5.02 Å². The van der Waals surface area contributed by atoms with Crippen molar-refractivity contribution in [3.8, 4) is 0 Å². The number of hydrogen-bond donors (Lipinski definition) is 2. The summed E-state index contributed by atoms with van der Waals surface area (Å²) in [4.78, 5) is 25.0. The van der Waals surface area contributed by atoms with E-state index in [0.29, 0.717) is 23.6 Å². The van der Waals surface area contributed by atoms with Gasteiger partial charge in [-0.25, -0.2) is 4.79 Å². The zero-order valence-corrected chi connectivity index (χ0v) is 14.2. The summed E-state index contributed by atoms with van der Waals surface area (Å²) in [6, 6.07) is 5.77. The van der Waals surface area contributed by atoms with Crippen LogP contribution in [-0.4, -0.2) is 49.2 Å². The summed E-state index contributed by atoms with van der Waals surface area (Å²) in [5, 5.41) is 5.65. The van der Waals surface area contributed by atoms with Crippen molar-refractivity contribution < 1.29 is 22.8 Å². The van der Waals surface area contributed by atoms with Crippen molar-refractivity contribution in [2.24, 2.45) is 5.92 Å². The number of carbonyl (C=O) groups excluding carboxylic acids is 2. The number of nitrogens with zero attached hydrogens (tertiary/aromatic N) is 1. The molecule has 0 aliphatic carbocycles. The van der Waals surface area contributed by atoms with Crippen molar-refractivity contribution in [2.75, 3.05) is 26.2 Å². The number of halogens is 4. The lowest BCUT2D eigenvalue weighted by molar-refractivity contribution is -0.183. The van der Waals surface area contributed by atoms with Crippen LogP contribution in [0.25, 0.3) is 0 Å². The molecule has 138 valence electrons. The van der Waals surface area contributed by atoms with Gasteiger partial charge in [0.15, 0.2) is 0 Å². The maximum Gasteiger partial charge on any atom is 0.393 e. The number of rotatable bonds is 4. The molecule has 9 heteroatoms. The third kappa shape index (κ3) is 5.81. The van der Waals surface area contributed by atoms with E-state index in [0.717, 1.165) is 0 Å². The summed E-state index contributed by atoms with van der Waals surface area (Å²) in [7, 11) is 0. The molecule has 5 nitrogen and oxygen atoms in total. The number of piperidine rings is 1. The number of alkyl halides is 3. The van der Waals surface area contributed by atoms with Gasteiger partial charge in [0.2, 0.25) is 0 Å². The van der Waals surface area contributed by atoms with Gasteiger partial charge in [0.05, 0.1) is 5.92 Å². The van der Waals surface area contributed by atoms with Gasteiger partial charge in [0.25, 0.3) is 5.91 Å². The number of hydrogen-bond acceptors (Lipinski definition) is 2. The molecule has 2 N–H and O–H groups in total. The molecule has 1 heterocycles. The van der Waals surface area contributed by atoms with Crippen molar-refractivity contribution in [1.82, 2.24) is 15.5 Å². The van der Waals surface area contributed by atoms with Gasteiger partial charge in [0.1, 0.15) is 0 Å². The maximum absolute atomic E-state index is 12.7. The highest BCUT2D eigenvalue weighted by Gasteiger charge is 2.42. The fourth-order valence-corrected chi connectivity index (χ4v) is 2.72. The molecular weight excluding hydrogens is 359 g/mol. The van der Waals surface area contributed by atoms with Gasteiger partial charge in [-0.2, -0.15) is 13.2 Å². The van der Waals surface area contributed by atoms with E-state index in [-0.39, 0.29) is 32.0 Å². The van der Waals surface area contributed by atoms with Crippen molar-refractivity contribution in [3.63, 3.8) is 0 Å². The third-order valence-electron chi connectivity index (χ3n) is 3.96. The molecule has 0 bridgehead atoms. The second kappa shape index (κ2) is 8.42. The van der Waals surface area contributed by atoms with Crippen LogP contribution in [0.5, 0.6) is 0 Å². The predicted molar refractivity (Wildman–Crippen MR) is 87.5 cm³/mol. The third-order valence-corrected chi connectivity index (χ3v) is 4.22. The molecule has 2 rings (SSSR count). The van der Waals surface area contributed by atoms with Crippen LogP contribution in [-0.2, 0) is 0 Å². The van der Waals surface area contributed by atoms with E-state index < -0.39 is 18.1 Å². The Balaban J connectivity index is 1.71. The summed E-state index contributed by atoms with van der Waals surface area (Å²) >= 11 is 5.74. The molecule has 0 radical (unpaired) electrons. The monoisotopic (exact) mass is 377 g/mol. The Hall–Kier alpha value is -1.96. The van der Waals surface area contributed by atoms with Crippen LogP contribution >= 0.6 is 11.6 Å². The van der Waals surface area contributed by atoms with Crippen LogP contribution in [0.3, 0.4) is 0 Å². The minimum atomic E-state index is -4.29. The molecule has 0 aromatic heterocycles. The highest BCUT2D eigenvalue weighted by atomic mass is 35.5. The Labute approximate surface area is 148 Å². The maximum atomic E-state index is 12.7. The van der Waals surface area contributed by atoms with E-state index >= 15 is 0 Å². The first-order chi connectivity index (χ1) is 11.8. The SMILES string of the molecule is O=C(NCCNC(=O)N1CCC[C@@H](C(F)(F)F)C1)c1ccc(Cl)cc1. The largest absolute Gasteiger partial charge is 0.393 e. The van der Waals surface area contributed by atoms with Gasteiger partial charge in [-0.05, 0) is 37.1 Å². The van der Waals surface area contributed by atoms with Gasteiger partial charge in [-0.1, -0.05) is 11.6 Å². The second-order valence-corrected chi connectivity index (χ2v) is 6.26. The normalized spacial score (nSPS) is 17.9. The summed E-state index contributed by atoms with van der Waals surface area (Å²) < 4.78 is 38.2. The van der Waals surface area contributed by atoms with Gasteiger partial charge in [-0.3, -0.25) is 4.79 Å². The highest BCUT2D eigenvalue weighted by molar-refractivity contribution is 6.30. The zero-order valence-electron chi connectivity index (χ0n) is 13.4. The van der Waals surface area contributed by atoms with Crippen LogP contribution in [0, 0.1) is 5.92 Å². The van der Waals surface area contributed by atoms with Crippen LogP contribution in [0.4, 0.5) is 18.0 Å². The molecular formula is C16H19ClF3N3O2. The molecule has 0 spiro atoms. The number of carbonyl (C=O) groups is 2. The van der Waals surface area contributed by atoms with Crippen LogP contribution in [0.1, 0.15) is 23.2 Å². The average Bonchev–Trinajstić information content (AvgIpc) is 2.58. The molecule has 3 amide bonds. The summed E-state index contributed by atoms with van der Waals surface area (Å²) in [5.41, 5.74) is 0.430. The number of amides is 3. The smallest absolute Gasteiger partial charge is 0.350 e. The first kappa shape index (κ1) is 19.4. The lowest BCUT2D eigenvalue weighted by Gasteiger charge is -2.33. The molecule has 1 aliphatic heterocycles. The van der Waals surface area contributed by atoms with E-state index in [1.807, 2.05) is 0 Å². The molecule has 1 aromatic carbocycles. The topological polar surface area (TPSA) is 61.4 Å². The fourth-order valence-electron chi connectivity index (χ4n) is 2.59. The zero-order chi connectivity index (χ0) is 18.4. The molecule has 1 aromatic rings. The Morgan fingerprint density at radius 1 is 1.16 bits per heavy atom. The molecule has 0 unspecified atom stereocenters. The fraction of sp³-hybridized carbons (Fsp3) is 0.500. The first-order valence-electron chi connectivity index (χ1n) is 7.90. The van der Waals surface area contributed by atoms with E-state index in [1.165, 1.54) is 4.90 Å². The molecule has 1 aliphatic rings. The Morgan fingerprint density at radius 3 is 2.44 bits per heavy atom. The first-order valence-corrected chi connectivity index (χ1v) is 8.28. The Bertz CT molecular complexity index is 608. The van der Waals surface area contributed by atoms with E-state index in [4.69, 9.17) is 11.6 Å². The van der Waals surface area contributed by atoms with Gasteiger partial charge >= 0.3 is 12.2 Å². The van der Waals surface area contributed by atoms with Crippen LogP contribution < -0.4 is 10.6 Å². The number of likely N-dealkylation sites (tertiary alicyclic amines) is 1. The van der Waals surface area contributed by atoms with Crippen molar-refractivity contribution >= 4 is 23.5 Å². The molecule has 1 atom stereocenters. The minimum Gasteiger partial charge on any atom is -0.350 e. The van der Waals surface area contributed by atoms with Gasteiger partial charge in [0, 0.05) is 36.8 Å². The Morgan fingerprint density at radius 2 is 1.80 bits per heavy atom. The van der Waals surface area contributed by atoms with Gasteiger partial charge in [-0.15, -0.1) is 0 Å². The Kier molecular flexibility index (Phi) is 6.52. The van der Waals surface area contributed by atoms with E-state index in [2.05, 4.69) is 10.6 Å². The average molecular weight is 378 g/mol. The molecule has 1 saturated heterocycles. The molecule has 0 saturated carbocycles. The summed E-state index contributed by atoms with van der Waals surface area (Å²) in [6.45, 7) is 0.275. The standard InChI is InChI=1S/C16H19ClF3N3O2/c17-13-5-3-11(4-6-13)14(24)21-7-8-22-15(25)23-9-1-2-12(10-23)16(18,19)20/h3-6,12H,1-2,7-10H2,(H,21,24)(H,22,25)/t12-/m1/s1. The quantitative estimate of drug-likeness (QED) is 0.792. The van der Waals surface area contributed by atoms with Crippen molar-refractivity contribution in [2.45, 2.75) is 19.0 Å². The number of nitrogens with one attached hydrogen (secondary N) is 2.